The number of phenols is 1. The minimum absolute atomic E-state index is 0.0419. The summed E-state index contributed by atoms with van der Waals surface area (Å²) in [6.07, 6.45) is -0.525. The molecule has 1 aromatic rings. The van der Waals surface area contributed by atoms with Crippen LogP contribution in [0.3, 0.4) is 0 Å². The maximum atomic E-state index is 9.71. The fourth-order valence-corrected chi connectivity index (χ4v) is 1.42. The molecule has 16 heavy (non-hydrogen) atoms. The quantitative estimate of drug-likeness (QED) is 0.777. The van der Waals surface area contributed by atoms with Crippen LogP contribution >= 0.6 is 0 Å². The first-order valence-electron chi connectivity index (χ1n) is 4.68. The lowest BCUT2D eigenvalue weighted by atomic mass is 10.1. The van der Waals surface area contributed by atoms with Gasteiger partial charge in [0.05, 0.1) is 14.2 Å². The number of aromatic hydroxyl groups is 1. The zero-order valence-corrected chi connectivity index (χ0v) is 9.81. The summed E-state index contributed by atoms with van der Waals surface area (Å²) in [4.78, 5) is 0. The molecule has 0 radical (unpaired) electrons. The highest BCUT2D eigenvalue weighted by atomic mass is 16.7. The number of ether oxygens (including phenoxy) is 4. The van der Waals surface area contributed by atoms with E-state index in [1.54, 1.807) is 12.1 Å². The van der Waals surface area contributed by atoms with Crippen LogP contribution < -0.4 is 9.47 Å². The second-order valence-electron chi connectivity index (χ2n) is 3.08. The van der Waals surface area contributed by atoms with Gasteiger partial charge in [-0.05, 0) is 12.1 Å². The van der Waals surface area contributed by atoms with Crippen molar-refractivity contribution in [1.29, 1.82) is 0 Å². The van der Waals surface area contributed by atoms with Crippen molar-refractivity contribution in [3.05, 3.63) is 17.7 Å². The highest BCUT2D eigenvalue weighted by Crippen LogP contribution is 2.39. The van der Waals surface area contributed by atoms with Crippen molar-refractivity contribution in [3.8, 4) is 17.2 Å². The van der Waals surface area contributed by atoms with Gasteiger partial charge in [-0.25, -0.2) is 0 Å². The number of phenolic OH excluding ortho intramolecular Hbond substituents is 1. The van der Waals surface area contributed by atoms with Crippen LogP contribution in [0.25, 0.3) is 0 Å². The van der Waals surface area contributed by atoms with Crippen LogP contribution in [0, 0.1) is 0 Å². The second kappa shape index (κ2) is 5.58. The van der Waals surface area contributed by atoms with E-state index >= 15 is 0 Å². The molecular weight excluding hydrogens is 212 g/mol. The van der Waals surface area contributed by atoms with E-state index in [4.69, 9.17) is 18.9 Å². The Morgan fingerprint density at radius 1 is 0.938 bits per heavy atom. The molecule has 0 aliphatic heterocycles. The topological polar surface area (TPSA) is 57.2 Å². The van der Waals surface area contributed by atoms with Crippen LogP contribution in [0.5, 0.6) is 17.2 Å². The van der Waals surface area contributed by atoms with Gasteiger partial charge in [0.1, 0.15) is 0 Å². The van der Waals surface area contributed by atoms with E-state index < -0.39 is 6.29 Å². The normalized spacial score (nSPS) is 10.6. The molecule has 0 aliphatic carbocycles. The summed E-state index contributed by atoms with van der Waals surface area (Å²) in [6, 6.07) is 3.27. The van der Waals surface area contributed by atoms with E-state index in [9.17, 15) is 5.11 Å². The van der Waals surface area contributed by atoms with Crippen molar-refractivity contribution in [1.82, 2.24) is 0 Å². The maximum absolute atomic E-state index is 9.71. The fraction of sp³-hybridized carbons (Fsp3) is 0.455. The molecule has 0 fully saturated rings. The molecule has 0 spiro atoms. The van der Waals surface area contributed by atoms with Crippen LogP contribution in [-0.2, 0) is 9.47 Å². The van der Waals surface area contributed by atoms with Crippen molar-refractivity contribution in [2.24, 2.45) is 0 Å². The minimum atomic E-state index is -0.525. The van der Waals surface area contributed by atoms with Crippen molar-refractivity contribution in [3.63, 3.8) is 0 Å². The van der Waals surface area contributed by atoms with E-state index in [1.807, 2.05) is 0 Å². The summed E-state index contributed by atoms with van der Waals surface area (Å²) in [7, 11) is 5.99. The summed E-state index contributed by atoms with van der Waals surface area (Å²) in [6.45, 7) is 0. The van der Waals surface area contributed by atoms with E-state index in [2.05, 4.69) is 0 Å². The molecule has 0 aliphatic rings. The van der Waals surface area contributed by atoms with Gasteiger partial charge in [-0.3, -0.25) is 0 Å². The summed E-state index contributed by atoms with van der Waals surface area (Å²) in [5, 5.41) is 9.71. The fourth-order valence-electron chi connectivity index (χ4n) is 1.42. The van der Waals surface area contributed by atoms with Crippen molar-refractivity contribution >= 4 is 0 Å². The van der Waals surface area contributed by atoms with Crippen molar-refractivity contribution < 1.29 is 24.1 Å². The predicted molar refractivity (Wildman–Crippen MR) is 58.0 cm³/mol. The Morgan fingerprint density at radius 2 is 1.38 bits per heavy atom. The van der Waals surface area contributed by atoms with Gasteiger partial charge < -0.3 is 24.1 Å². The Hall–Kier alpha value is -1.46. The largest absolute Gasteiger partial charge is 0.502 e. The Kier molecular flexibility index (Phi) is 4.39. The van der Waals surface area contributed by atoms with Crippen molar-refractivity contribution in [2.45, 2.75) is 6.29 Å². The SMILES string of the molecule is COc1cc(C(OC)OC)cc(OC)c1O. The van der Waals surface area contributed by atoms with E-state index in [0.717, 1.165) is 0 Å². The van der Waals surface area contributed by atoms with Gasteiger partial charge in [0.2, 0.25) is 5.75 Å². The first-order chi connectivity index (χ1) is 7.67. The van der Waals surface area contributed by atoms with Gasteiger partial charge in [0, 0.05) is 19.8 Å². The average molecular weight is 228 g/mol. The Morgan fingerprint density at radius 3 is 1.69 bits per heavy atom. The second-order valence-corrected chi connectivity index (χ2v) is 3.08. The molecule has 5 nitrogen and oxygen atoms in total. The molecule has 0 amide bonds. The summed E-state index contributed by atoms with van der Waals surface area (Å²) in [5.41, 5.74) is 0.705. The molecule has 0 bridgehead atoms. The van der Waals surface area contributed by atoms with Crippen LogP contribution in [0.1, 0.15) is 11.9 Å². The van der Waals surface area contributed by atoms with Gasteiger partial charge in [0.25, 0.3) is 0 Å². The van der Waals surface area contributed by atoms with Crippen LogP contribution in [0.4, 0.5) is 0 Å². The third kappa shape index (κ3) is 2.37. The number of hydrogen-bond donors (Lipinski definition) is 1. The molecule has 0 aromatic heterocycles. The minimum Gasteiger partial charge on any atom is -0.502 e. The summed E-state index contributed by atoms with van der Waals surface area (Å²) >= 11 is 0. The number of hydrogen-bond acceptors (Lipinski definition) is 5. The maximum Gasteiger partial charge on any atom is 0.200 e. The van der Waals surface area contributed by atoms with Gasteiger partial charge in [-0.2, -0.15) is 0 Å². The molecule has 0 atom stereocenters. The lowest BCUT2D eigenvalue weighted by Crippen LogP contribution is -2.04. The zero-order valence-electron chi connectivity index (χ0n) is 9.81. The van der Waals surface area contributed by atoms with E-state index in [0.29, 0.717) is 17.1 Å². The molecule has 0 saturated carbocycles. The van der Waals surface area contributed by atoms with Crippen molar-refractivity contribution in [2.75, 3.05) is 28.4 Å². The first-order valence-corrected chi connectivity index (χ1v) is 4.68. The van der Waals surface area contributed by atoms with Gasteiger partial charge in [0.15, 0.2) is 17.8 Å². The van der Waals surface area contributed by atoms with E-state index in [1.165, 1.54) is 28.4 Å². The molecule has 90 valence electrons. The molecule has 0 unspecified atom stereocenters. The Labute approximate surface area is 94.5 Å². The van der Waals surface area contributed by atoms with Gasteiger partial charge in [-0.15, -0.1) is 0 Å². The molecule has 1 rings (SSSR count). The molecule has 5 heteroatoms. The monoisotopic (exact) mass is 228 g/mol. The molecule has 1 aromatic carbocycles. The smallest absolute Gasteiger partial charge is 0.200 e. The molecule has 0 heterocycles. The summed E-state index contributed by atoms with van der Waals surface area (Å²) in [5.74, 6) is 0.585. The zero-order chi connectivity index (χ0) is 12.1. The first kappa shape index (κ1) is 12.6. The van der Waals surface area contributed by atoms with Crippen LogP contribution in [-0.4, -0.2) is 33.5 Å². The highest BCUT2D eigenvalue weighted by molar-refractivity contribution is 5.53. The third-order valence-corrected chi connectivity index (χ3v) is 2.20. The van der Waals surface area contributed by atoms with E-state index in [-0.39, 0.29) is 5.75 Å². The van der Waals surface area contributed by atoms with Gasteiger partial charge >= 0.3 is 0 Å². The molecular formula is C11H16O5. The number of methoxy groups -OCH3 is 4. The molecule has 0 saturated heterocycles. The Bertz CT molecular complexity index is 321. The Balaban J connectivity index is 3.20. The third-order valence-electron chi connectivity index (χ3n) is 2.20. The average Bonchev–Trinajstić information content (AvgIpc) is 2.32. The van der Waals surface area contributed by atoms with Gasteiger partial charge in [-0.1, -0.05) is 0 Å². The lowest BCUT2D eigenvalue weighted by Gasteiger charge is -2.16. The molecule has 1 N–H and O–H groups in total. The lowest BCUT2D eigenvalue weighted by molar-refractivity contribution is -0.106. The van der Waals surface area contributed by atoms with Crippen LogP contribution in [0.15, 0.2) is 12.1 Å². The number of benzene rings is 1. The summed E-state index contributed by atoms with van der Waals surface area (Å²) < 4.78 is 20.3. The highest BCUT2D eigenvalue weighted by Gasteiger charge is 2.16. The van der Waals surface area contributed by atoms with Crippen LogP contribution in [0.2, 0.25) is 0 Å². The standard InChI is InChI=1S/C11H16O5/c1-13-8-5-7(11(15-3)16-4)6-9(14-2)10(8)12/h5-6,11-12H,1-4H3. The predicted octanol–water partition coefficient (Wildman–Crippen LogP) is 1.70. The number of rotatable bonds is 5.